The van der Waals surface area contributed by atoms with E-state index < -0.39 is 23.7 Å². The molecular formula is C14H14F4N2O. The molecule has 2 aromatic rings. The molecule has 0 radical (unpaired) electrons. The average molecular weight is 302 g/mol. The van der Waals surface area contributed by atoms with Crippen molar-refractivity contribution >= 4 is 0 Å². The lowest BCUT2D eigenvalue weighted by Crippen LogP contribution is -2.10. The molecule has 0 saturated heterocycles. The zero-order valence-electron chi connectivity index (χ0n) is 11.7. The Hall–Kier alpha value is -2.18. The molecule has 1 aromatic carbocycles. The van der Waals surface area contributed by atoms with Crippen LogP contribution in [-0.4, -0.2) is 9.97 Å². The Balaban J connectivity index is 0.00000106. The lowest BCUT2D eigenvalue weighted by atomic mass is 10.3. The maximum Gasteiger partial charge on any atom is 0.433 e. The molecule has 7 heteroatoms. The van der Waals surface area contributed by atoms with Crippen LogP contribution in [-0.2, 0) is 6.18 Å². The molecule has 1 heterocycles. The van der Waals surface area contributed by atoms with Crippen LogP contribution in [0.2, 0.25) is 0 Å². The molecule has 0 unspecified atom stereocenters. The number of ether oxygens (including phenoxy) is 1. The molecule has 0 atom stereocenters. The molecule has 2 rings (SSSR count). The minimum Gasteiger partial charge on any atom is -0.424 e. The summed E-state index contributed by atoms with van der Waals surface area (Å²) >= 11 is 0. The summed E-state index contributed by atoms with van der Waals surface area (Å²) in [6.07, 6.45) is -4.59. The van der Waals surface area contributed by atoms with Gasteiger partial charge in [0.25, 0.3) is 0 Å². The van der Waals surface area contributed by atoms with Crippen LogP contribution in [0.5, 0.6) is 11.8 Å². The van der Waals surface area contributed by atoms with E-state index in [1.807, 2.05) is 13.8 Å². The van der Waals surface area contributed by atoms with Crippen LogP contribution in [0.15, 0.2) is 30.3 Å². The number of halogens is 4. The van der Waals surface area contributed by atoms with Gasteiger partial charge in [0.1, 0.15) is 11.6 Å². The molecule has 0 aliphatic rings. The Morgan fingerprint density at radius 2 is 1.71 bits per heavy atom. The first-order valence-corrected chi connectivity index (χ1v) is 6.21. The highest BCUT2D eigenvalue weighted by molar-refractivity contribution is 5.26. The summed E-state index contributed by atoms with van der Waals surface area (Å²) < 4.78 is 55.6. The van der Waals surface area contributed by atoms with Crippen molar-refractivity contribution in [2.45, 2.75) is 26.9 Å². The van der Waals surface area contributed by atoms with Crippen molar-refractivity contribution in [3.8, 4) is 11.8 Å². The zero-order chi connectivity index (χ0) is 16.0. The van der Waals surface area contributed by atoms with E-state index in [-0.39, 0.29) is 11.4 Å². The van der Waals surface area contributed by atoms with Crippen molar-refractivity contribution in [2.24, 2.45) is 0 Å². The van der Waals surface area contributed by atoms with Gasteiger partial charge in [-0.2, -0.15) is 18.2 Å². The fourth-order valence-electron chi connectivity index (χ4n) is 1.37. The van der Waals surface area contributed by atoms with Crippen LogP contribution in [0.1, 0.15) is 25.2 Å². The van der Waals surface area contributed by atoms with Crippen molar-refractivity contribution < 1.29 is 22.3 Å². The van der Waals surface area contributed by atoms with Crippen molar-refractivity contribution in [3.05, 3.63) is 47.5 Å². The van der Waals surface area contributed by atoms with Gasteiger partial charge in [-0.1, -0.05) is 19.9 Å². The van der Waals surface area contributed by atoms with Crippen LogP contribution in [0.25, 0.3) is 0 Å². The van der Waals surface area contributed by atoms with Crippen molar-refractivity contribution in [3.63, 3.8) is 0 Å². The first-order chi connectivity index (χ1) is 9.84. The van der Waals surface area contributed by atoms with Gasteiger partial charge in [0.2, 0.25) is 0 Å². The summed E-state index contributed by atoms with van der Waals surface area (Å²) in [5, 5.41) is 0. The monoisotopic (exact) mass is 302 g/mol. The van der Waals surface area contributed by atoms with Gasteiger partial charge in [-0.3, -0.25) is 0 Å². The number of aromatic nitrogens is 2. The molecule has 114 valence electrons. The fraction of sp³-hybridized carbons (Fsp3) is 0.286. The predicted molar refractivity (Wildman–Crippen MR) is 69.6 cm³/mol. The number of nitrogens with zero attached hydrogens (tertiary/aromatic N) is 2. The average Bonchev–Trinajstić information content (AvgIpc) is 2.39. The molecule has 0 spiro atoms. The molecule has 0 saturated carbocycles. The molecule has 3 nitrogen and oxygen atoms in total. The lowest BCUT2D eigenvalue weighted by molar-refractivity contribution is -0.141. The van der Waals surface area contributed by atoms with Crippen molar-refractivity contribution in [1.29, 1.82) is 0 Å². The van der Waals surface area contributed by atoms with E-state index in [1.54, 1.807) is 0 Å². The Morgan fingerprint density at radius 3 is 2.29 bits per heavy atom. The normalized spacial score (nSPS) is 10.6. The van der Waals surface area contributed by atoms with Gasteiger partial charge < -0.3 is 4.74 Å². The highest BCUT2D eigenvalue weighted by atomic mass is 19.4. The number of benzene rings is 1. The number of rotatable bonds is 2. The summed E-state index contributed by atoms with van der Waals surface area (Å²) in [5.74, 6) is -0.542. The van der Waals surface area contributed by atoms with Crippen molar-refractivity contribution in [1.82, 2.24) is 9.97 Å². The predicted octanol–water partition coefficient (Wildman–Crippen LogP) is 4.76. The van der Waals surface area contributed by atoms with Crippen LogP contribution in [0.4, 0.5) is 17.6 Å². The highest BCUT2D eigenvalue weighted by Gasteiger charge is 2.33. The smallest absolute Gasteiger partial charge is 0.424 e. The van der Waals surface area contributed by atoms with Gasteiger partial charge in [-0.05, 0) is 25.1 Å². The first kappa shape index (κ1) is 16.9. The van der Waals surface area contributed by atoms with E-state index in [0.717, 1.165) is 12.1 Å². The van der Waals surface area contributed by atoms with Crippen LogP contribution in [0, 0.1) is 12.7 Å². The van der Waals surface area contributed by atoms with E-state index in [9.17, 15) is 17.6 Å². The molecule has 0 fully saturated rings. The van der Waals surface area contributed by atoms with Gasteiger partial charge in [-0.15, -0.1) is 0 Å². The number of hydrogen-bond donors (Lipinski definition) is 0. The number of alkyl halides is 3. The van der Waals surface area contributed by atoms with E-state index >= 15 is 0 Å². The van der Waals surface area contributed by atoms with Gasteiger partial charge in [-0.25, -0.2) is 9.37 Å². The molecular weight excluding hydrogens is 288 g/mol. The first-order valence-electron chi connectivity index (χ1n) is 6.21. The Kier molecular flexibility index (Phi) is 5.63. The quantitative estimate of drug-likeness (QED) is 0.750. The zero-order valence-corrected chi connectivity index (χ0v) is 11.7. The largest absolute Gasteiger partial charge is 0.433 e. The molecule has 0 aliphatic carbocycles. The number of hydrogen-bond acceptors (Lipinski definition) is 3. The summed E-state index contributed by atoms with van der Waals surface area (Å²) in [7, 11) is 0. The second kappa shape index (κ2) is 7.01. The van der Waals surface area contributed by atoms with Crippen LogP contribution in [0.3, 0.4) is 0 Å². The van der Waals surface area contributed by atoms with Gasteiger partial charge >= 0.3 is 12.2 Å². The summed E-state index contributed by atoms with van der Waals surface area (Å²) in [6.45, 7) is 5.38. The highest BCUT2D eigenvalue weighted by Crippen LogP contribution is 2.29. The third-order valence-electron chi connectivity index (χ3n) is 2.13. The van der Waals surface area contributed by atoms with Gasteiger partial charge in [0.05, 0.1) is 0 Å². The molecule has 0 aliphatic heterocycles. The van der Waals surface area contributed by atoms with E-state index in [0.29, 0.717) is 0 Å². The SMILES string of the molecule is CC.Cc1cc(C(F)(F)F)nc(Oc2cccc(F)c2)n1. The van der Waals surface area contributed by atoms with Crippen molar-refractivity contribution in [2.75, 3.05) is 0 Å². The molecule has 21 heavy (non-hydrogen) atoms. The Bertz CT molecular complexity index is 600. The Morgan fingerprint density at radius 1 is 1.05 bits per heavy atom. The minimum atomic E-state index is -4.59. The second-order valence-electron chi connectivity index (χ2n) is 3.73. The van der Waals surface area contributed by atoms with Crippen LogP contribution < -0.4 is 4.74 Å². The fourth-order valence-corrected chi connectivity index (χ4v) is 1.37. The summed E-state index contributed by atoms with van der Waals surface area (Å²) in [6, 6.07) is 5.30. The lowest BCUT2D eigenvalue weighted by Gasteiger charge is -2.09. The Labute approximate surface area is 119 Å². The van der Waals surface area contributed by atoms with Gasteiger partial charge in [0.15, 0.2) is 5.69 Å². The molecule has 0 amide bonds. The summed E-state index contributed by atoms with van der Waals surface area (Å²) in [5.41, 5.74) is -1.000. The third kappa shape index (κ3) is 5.02. The van der Waals surface area contributed by atoms with Gasteiger partial charge in [0, 0.05) is 11.8 Å². The summed E-state index contributed by atoms with van der Waals surface area (Å²) in [4.78, 5) is 6.97. The van der Waals surface area contributed by atoms with Crippen LogP contribution >= 0.6 is 0 Å². The standard InChI is InChI=1S/C12H8F4N2O.C2H6/c1-7-5-10(12(14,15)16)18-11(17-7)19-9-4-2-3-8(13)6-9;1-2/h2-6H,1H3;1-2H3. The number of aryl methyl sites for hydroxylation is 1. The van der Waals surface area contributed by atoms with E-state index in [1.165, 1.54) is 25.1 Å². The molecule has 1 aromatic heterocycles. The maximum atomic E-state index is 12.9. The van der Waals surface area contributed by atoms with E-state index in [2.05, 4.69) is 9.97 Å². The van der Waals surface area contributed by atoms with E-state index in [4.69, 9.17) is 4.74 Å². The second-order valence-corrected chi connectivity index (χ2v) is 3.73. The molecule has 0 bridgehead atoms. The maximum absolute atomic E-state index is 12.9. The molecule has 0 N–H and O–H groups in total. The topological polar surface area (TPSA) is 35.0 Å². The third-order valence-corrected chi connectivity index (χ3v) is 2.13. The minimum absolute atomic E-state index is 0.0266.